The fraction of sp³-hybridized carbons (Fsp3) is 0.364. The predicted octanol–water partition coefficient (Wildman–Crippen LogP) is 0.713. The van der Waals surface area contributed by atoms with E-state index in [1.54, 1.807) is 19.9 Å². The van der Waals surface area contributed by atoms with Gasteiger partial charge in [0.25, 0.3) is 0 Å². The van der Waals surface area contributed by atoms with E-state index in [1.807, 2.05) is 0 Å². The minimum atomic E-state index is -3.95. The van der Waals surface area contributed by atoms with Crippen molar-refractivity contribution in [2.45, 2.75) is 24.3 Å². The van der Waals surface area contributed by atoms with Gasteiger partial charge in [-0.2, -0.15) is 5.26 Å². The Bertz CT molecular complexity index is 585. The molecule has 1 aromatic rings. The van der Waals surface area contributed by atoms with Gasteiger partial charge < -0.3 is 5.73 Å². The number of hydrogen-bond acceptors (Lipinski definition) is 4. The first-order chi connectivity index (χ1) is 8.17. The number of nitrogens with one attached hydrogen (secondary N) is 1. The molecule has 5 nitrogen and oxygen atoms in total. The van der Waals surface area contributed by atoms with Gasteiger partial charge in [-0.25, -0.2) is 17.5 Å². The van der Waals surface area contributed by atoms with Crippen molar-refractivity contribution in [1.29, 1.82) is 5.26 Å². The molecule has 3 N–H and O–H groups in total. The molecule has 0 heterocycles. The maximum absolute atomic E-state index is 13.3. The van der Waals surface area contributed by atoms with Crippen LogP contribution in [-0.2, 0) is 10.0 Å². The zero-order chi connectivity index (χ0) is 14.0. The first-order valence-corrected chi connectivity index (χ1v) is 6.63. The van der Waals surface area contributed by atoms with Gasteiger partial charge in [0.1, 0.15) is 22.3 Å². The van der Waals surface area contributed by atoms with Gasteiger partial charge in [-0.15, -0.1) is 0 Å². The summed E-state index contributed by atoms with van der Waals surface area (Å²) >= 11 is 0. The smallest absolute Gasteiger partial charge is 0.242 e. The average molecular weight is 271 g/mol. The van der Waals surface area contributed by atoms with E-state index in [4.69, 9.17) is 11.0 Å². The Morgan fingerprint density at radius 1 is 1.50 bits per heavy atom. The molecule has 0 fully saturated rings. The molecule has 0 aliphatic rings. The number of benzene rings is 1. The van der Waals surface area contributed by atoms with Gasteiger partial charge >= 0.3 is 0 Å². The lowest BCUT2D eigenvalue weighted by atomic mass is 10.1. The van der Waals surface area contributed by atoms with E-state index >= 15 is 0 Å². The minimum Gasteiger partial charge on any atom is -0.324 e. The van der Waals surface area contributed by atoms with Crippen LogP contribution >= 0.6 is 0 Å². The van der Waals surface area contributed by atoms with Crippen LogP contribution in [0.5, 0.6) is 0 Å². The Morgan fingerprint density at radius 3 is 2.61 bits per heavy atom. The summed E-state index contributed by atoms with van der Waals surface area (Å²) in [5.41, 5.74) is 4.41. The van der Waals surface area contributed by atoms with Crippen molar-refractivity contribution in [3.05, 3.63) is 29.6 Å². The van der Waals surface area contributed by atoms with Gasteiger partial charge in [-0.05, 0) is 26.0 Å². The second-order valence-corrected chi connectivity index (χ2v) is 6.27. The van der Waals surface area contributed by atoms with Gasteiger partial charge in [-0.3, -0.25) is 0 Å². The third kappa shape index (κ3) is 3.50. The highest BCUT2D eigenvalue weighted by molar-refractivity contribution is 7.89. The monoisotopic (exact) mass is 271 g/mol. The molecule has 0 bridgehead atoms. The third-order valence-corrected chi connectivity index (χ3v) is 3.54. The third-order valence-electron chi connectivity index (χ3n) is 2.09. The van der Waals surface area contributed by atoms with Crippen LogP contribution in [0, 0.1) is 17.1 Å². The van der Waals surface area contributed by atoms with Gasteiger partial charge in [0.05, 0.1) is 0 Å². The molecule has 0 spiro atoms. The molecule has 0 aromatic heterocycles. The van der Waals surface area contributed by atoms with Crippen LogP contribution in [0.2, 0.25) is 0 Å². The van der Waals surface area contributed by atoms with Crippen molar-refractivity contribution in [3.63, 3.8) is 0 Å². The van der Waals surface area contributed by atoms with E-state index in [9.17, 15) is 12.8 Å². The molecule has 0 atom stereocenters. The maximum atomic E-state index is 13.3. The number of nitrogens with two attached hydrogens (primary N) is 1. The van der Waals surface area contributed by atoms with Gasteiger partial charge in [-0.1, -0.05) is 6.07 Å². The topological polar surface area (TPSA) is 96.0 Å². The van der Waals surface area contributed by atoms with E-state index in [2.05, 4.69) is 4.72 Å². The zero-order valence-corrected chi connectivity index (χ0v) is 10.9. The molecule has 18 heavy (non-hydrogen) atoms. The highest BCUT2D eigenvalue weighted by Gasteiger charge is 2.23. The van der Waals surface area contributed by atoms with E-state index in [0.29, 0.717) is 0 Å². The predicted molar refractivity (Wildman–Crippen MR) is 64.6 cm³/mol. The summed E-state index contributed by atoms with van der Waals surface area (Å²) in [6.45, 7) is 3.27. The van der Waals surface area contributed by atoms with Crippen LogP contribution in [0.25, 0.3) is 0 Å². The maximum Gasteiger partial charge on any atom is 0.242 e. The Balaban J connectivity index is 3.15. The molecule has 0 radical (unpaired) electrons. The number of halogens is 1. The minimum absolute atomic E-state index is 0.0171. The van der Waals surface area contributed by atoms with Crippen molar-refractivity contribution in [2.75, 3.05) is 6.54 Å². The van der Waals surface area contributed by atoms with E-state index < -0.39 is 26.9 Å². The summed E-state index contributed by atoms with van der Waals surface area (Å²) in [4.78, 5) is -0.380. The lowest BCUT2D eigenvalue weighted by molar-refractivity contribution is 0.497. The molecule has 1 aromatic carbocycles. The first-order valence-electron chi connectivity index (χ1n) is 5.14. The number of hydrogen-bond donors (Lipinski definition) is 2. The molecule has 98 valence electrons. The van der Waals surface area contributed by atoms with Crippen molar-refractivity contribution in [1.82, 2.24) is 4.72 Å². The second kappa shape index (κ2) is 5.02. The Labute approximate surface area is 105 Å². The van der Waals surface area contributed by atoms with E-state index in [0.717, 1.165) is 6.07 Å². The Morgan fingerprint density at radius 2 is 2.11 bits per heavy atom. The number of sulfonamides is 1. The normalized spacial score (nSPS) is 12.2. The molecular formula is C11H14FN3O2S. The van der Waals surface area contributed by atoms with Crippen molar-refractivity contribution < 1.29 is 12.8 Å². The Kier molecular flexibility index (Phi) is 4.06. The Hall–Kier alpha value is -1.49. The van der Waals surface area contributed by atoms with Crippen molar-refractivity contribution in [2.24, 2.45) is 5.73 Å². The van der Waals surface area contributed by atoms with Gasteiger partial charge in [0.2, 0.25) is 10.0 Å². The molecule has 7 heteroatoms. The largest absolute Gasteiger partial charge is 0.324 e. The molecule has 0 unspecified atom stereocenters. The zero-order valence-electron chi connectivity index (χ0n) is 10.1. The molecule has 0 saturated heterocycles. The summed E-state index contributed by atoms with van der Waals surface area (Å²) < 4.78 is 39.4. The fourth-order valence-corrected chi connectivity index (χ4v) is 2.58. The molecular weight excluding hydrogens is 257 g/mol. The van der Waals surface area contributed by atoms with Crippen LogP contribution in [0.4, 0.5) is 4.39 Å². The van der Waals surface area contributed by atoms with Crippen LogP contribution in [-0.4, -0.2) is 20.5 Å². The van der Waals surface area contributed by atoms with Crippen molar-refractivity contribution in [3.8, 4) is 6.07 Å². The number of rotatable bonds is 4. The summed E-state index contributed by atoms with van der Waals surface area (Å²) in [5, 5.41) is 8.78. The molecule has 0 aliphatic heterocycles. The summed E-state index contributed by atoms with van der Waals surface area (Å²) in [6, 6.07) is 4.98. The van der Waals surface area contributed by atoms with E-state index in [-0.39, 0.29) is 11.4 Å². The summed E-state index contributed by atoms with van der Waals surface area (Å²) in [7, 11) is -3.95. The summed E-state index contributed by atoms with van der Waals surface area (Å²) in [6.07, 6.45) is 0. The lowest BCUT2D eigenvalue weighted by Crippen LogP contribution is -2.45. The van der Waals surface area contributed by atoms with E-state index in [1.165, 1.54) is 12.1 Å². The van der Waals surface area contributed by atoms with Gasteiger partial charge in [0, 0.05) is 12.1 Å². The number of nitrogens with zero attached hydrogens (tertiary/aromatic N) is 1. The lowest BCUT2D eigenvalue weighted by Gasteiger charge is -2.19. The SMILES string of the molecule is CC(C)(N)CNS(=O)(=O)c1cccc(F)c1C#N. The number of nitriles is 1. The summed E-state index contributed by atoms with van der Waals surface area (Å²) in [5.74, 6) is -0.868. The molecule has 0 saturated carbocycles. The molecule has 1 rings (SSSR count). The molecule has 0 amide bonds. The quantitative estimate of drug-likeness (QED) is 0.843. The average Bonchev–Trinajstić information content (AvgIpc) is 2.25. The highest BCUT2D eigenvalue weighted by atomic mass is 32.2. The first kappa shape index (κ1) is 14.6. The van der Waals surface area contributed by atoms with Crippen LogP contribution in [0.15, 0.2) is 23.1 Å². The molecule has 0 aliphatic carbocycles. The second-order valence-electron chi connectivity index (χ2n) is 4.54. The van der Waals surface area contributed by atoms with Crippen molar-refractivity contribution >= 4 is 10.0 Å². The van der Waals surface area contributed by atoms with Crippen LogP contribution in [0.1, 0.15) is 19.4 Å². The van der Waals surface area contributed by atoms with Crippen LogP contribution in [0.3, 0.4) is 0 Å². The highest BCUT2D eigenvalue weighted by Crippen LogP contribution is 2.17. The standard InChI is InChI=1S/C11H14FN3O2S/c1-11(2,14)7-15-18(16,17)10-5-3-4-9(12)8(10)6-13/h3-5,15H,7,14H2,1-2H3. The van der Waals surface area contributed by atoms with Gasteiger partial charge in [0.15, 0.2) is 0 Å². The van der Waals surface area contributed by atoms with Crippen LogP contribution < -0.4 is 10.5 Å². The fourth-order valence-electron chi connectivity index (χ4n) is 1.20.